The first-order valence-corrected chi connectivity index (χ1v) is 8.22. The lowest BCUT2D eigenvalue weighted by molar-refractivity contribution is -0.385. The molecule has 0 aromatic rings. The van der Waals surface area contributed by atoms with Gasteiger partial charge in [-0.25, -0.2) is 4.79 Å². The van der Waals surface area contributed by atoms with Crippen molar-refractivity contribution in [2.75, 3.05) is 0 Å². The summed E-state index contributed by atoms with van der Waals surface area (Å²) in [5.41, 5.74) is -7.75. The second-order valence-electron chi connectivity index (χ2n) is 8.11. The van der Waals surface area contributed by atoms with Crippen LogP contribution in [0.3, 0.4) is 0 Å². The van der Waals surface area contributed by atoms with Crippen LogP contribution in [-0.4, -0.2) is 34.6 Å². The van der Waals surface area contributed by atoms with Crippen LogP contribution in [0.5, 0.6) is 0 Å². The molecule has 9 heteroatoms. The lowest BCUT2D eigenvalue weighted by Crippen LogP contribution is -2.68. The fourth-order valence-corrected chi connectivity index (χ4v) is 4.43. The van der Waals surface area contributed by atoms with Gasteiger partial charge < -0.3 is 9.84 Å². The molecule has 0 amide bonds. The Bertz CT molecular complexity index is 591. The number of aliphatic hydroxyl groups is 1. The molecule has 0 aliphatic heterocycles. The van der Waals surface area contributed by atoms with Gasteiger partial charge in [0, 0.05) is 17.9 Å². The molecule has 0 saturated heterocycles. The van der Waals surface area contributed by atoms with Crippen molar-refractivity contribution in [3.05, 3.63) is 12.2 Å². The van der Waals surface area contributed by atoms with E-state index in [0.29, 0.717) is 12.8 Å². The molecule has 3 atom stereocenters. The molecule has 2 bridgehead atoms. The van der Waals surface area contributed by atoms with Gasteiger partial charge in [0.2, 0.25) is 0 Å². The Morgan fingerprint density at radius 1 is 1.19 bits per heavy atom. The number of fused-ring (bicyclic) bond motifs is 2. The van der Waals surface area contributed by atoms with Crippen molar-refractivity contribution in [3.8, 4) is 0 Å². The number of hydrogen-bond donors (Lipinski definition) is 1. The third-order valence-corrected chi connectivity index (χ3v) is 6.16. The second-order valence-corrected chi connectivity index (χ2v) is 8.11. The standard InChI is InChI=1S/C17H22F6O3/c1-9(2)12(24)26-14(6-5-10-7-11(14)13(10,3)4)8-15(25,16(18,19)20)17(21,22)23/h10-11,25H,1,5-8H2,2-4H3. The van der Waals surface area contributed by atoms with Crippen LogP contribution >= 0.6 is 0 Å². The van der Waals surface area contributed by atoms with E-state index in [9.17, 15) is 36.2 Å². The highest BCUT2D eigenvalue weighted by Gasteiger charge is 2.75. The summed E-state index contributed by atoms with van der Waals surface area (Å²) < 4.78 is 84.6. The molecule has 3 saturated carbocycles. The molecule has 0 heterocycles. The molecule has 0 radical (unpaired) electrons. The van der Waals surface area contributed by atoms with Crippen LogP contribution < -0.4 is 0 Å². The number of halogens is 6. The summed E-state index contributed by atoms with van der Waals surface area (Å²) >= 11 is 0. The van der Waals surface area contributed by atoms with Gasteiger partial charge in [0.15, 0.2) is 0 Å². The monoisotopic (exact) mass is 388 g/mol. The zero-order chi connectivity index (χ0) is 20.3. The van der Waals surface area contributed by atoms with Gasteiger partial charge in [-0.05, 0) is 37.5 Å². The van der Waals surface area contributed by atoms with Crippen molar-refractivity contribution < 1.29 is 41.0 Å². The maximum Gasteiger partial charge on any atom is 0.426 e. The molecule has 3 nitrogen and oxygen atoms in total. The molecule has 3 aliphatic carbocycles. The Hall–Kier alpha value is -1.25. The zero-order valence-electron chi connectivity index (χ0n) is 14.7. The van der Waals surface area contributed by atoms with Gasteiger partial charge in [-0.3, -0.25) is 0 Å². The largest absolute Gasteiger partial charge is 0.455 e. The third kappa shape index (κ3) is 3.01. The minimum absolute atomic E-state index is 0.133. The van der Waals surface area contributed by atoms with E-state index < -0.39 is 47.3 Å². The molecule has 3 fully saturated rings. The Labute approximate surface area is 147 Å². The van der Waals surface area contributed by atoms with Gasteiger partial charge >= 0.3 is 18.3 Å². The summed E-state index contributed by atoms with van der Waals surface area (Å²) in [6.45, 7) is 8.06. The molecule has 1 N–H and O–H groups in total. The number of esters is 1. The number of carbonyl (C=O) groups excluding carboxylic acids is 1. The molecule has 3 aliphatic rings. The highest BCUT2D eigenvalue weighted by molar-refractivity contribution is 5.87. The molecule has 150 valence electrons. The number of rotatable bonds is 4. The summed E-state index contributed by atoms with van der Waals surface area (Å²) in [6.07, 6.45) is -13.2. The van der Waals surface area contributed by atoms with Crippen LogP contribution in [0.2, 0.25) is 0 Å². The van der Waals surface area contributed by atoms with Gasteiger partial charge in [0.1, 0.15) is 5.60 Å². The molecule has 26 heavy (non-hydrogen) atoms. The predicted molar refractivity (Wildman–Crippen MR) is 79.9 cm³/mol. The first-order chi connectivity index (χ1) is 11.5. The van der Waals surface area contributed by atoms with Crippen LogP contribution in [0.1, 0.15) is 46.5 Å². The second kappa shape index (κ2) is 5.87. The Morgan fingerprint density at radius 2 is 1.69 bits per heavy atom. The van der Waals surface area contributed by atoms with E-state index in [-0.39, 0.29) is 17.9 Å². The highest BCUT2D eigenvalue weighted by Crippen LogP contribution is 2.66. The summed E-state index contributed by atoms with van der Waals surface area (Å²) in [4.78, 5) is 12.0. The average molecular weight is 388 g/mol. The quantitative estimate of drug-likeness (QED) is 0.437. The number of carbonyl (C=O) groups is 1. The van der Waals surface area contributed by atoms with Gasteiger partial charge in [-0.2, -0.15) is 26.3 Å². The molecular formula is C17H22F6O3. The van der Waals surface area contributed by atoms with Crippen LogP contribution in [-0.2, 0) is 9.53 Å². The minimum atomic E-state index is -5.96. The van der Waals surface area contributed by atoms with Crippen LogP contribution in [0.15, 0.2) is 12.2 Å². The summed E-state index contributed by atoms with van der Waals surface area (Å²) in [7, 11) is 0. The smallest absolute Gasteiger partial charge is 0.426 e. The van der Waals surface area contributed by atoms with E-state index in [1.165, 1.54) is 6.92 Å². The van der Waals surface area contributed by atoms with E-state index in [1.54, 1.807) is 13.8 Å². The van der Waals surface area contributed by atoms with Gasteiger partial charge in [0.25, 0.3) is 5.60 Å². The van der Waals surface area contributed by atoms with Crippen molar-refractivity contribution in [2.24, 2.45) is 17.3 Å². The van der Waals surface area contributed by atoms with E-state index >= 15 is 0 Å². The molecule has 0 spiro atoms. The SMILES string of the molecule is C=C(C)C(=O)OC1(CC(O)(C(F)(F)F)C(F)(F)F)CCC2CC1C2(C)C. The topological polar surface area (TPSA) is 46.5 Å². The van der Waals surface area contributed by atoms with Crippen LogP contribution in [0, 0.1) is 17.3 Å². The summed E-state index contributed by atoms with van der Waals surface area (Å²) in [5.74, 6) is -1.64. The summed E-state index contributed by atoms with van der Waals surface area (Å²) in [5, 5.41) is 9.69. The van der Waals surface area contributed by atoms with Crippen molar-refractivity contribution >= 4 is 5.97 Å². The molecule has 3 unspecified atom stereocenters. The Balaban J connectivity index is 2.51. The molecular weight excluding hydrogens is 366 g/mol. The fraction of sp³-hybridized carbons (Fsp3) is 0.824. The van der Waals surface area contributed by atoms with E-state index in [2.05, 4.69) is 6.58 Å². The fourth-order valence-electron chi connectivity index (χ4n) is 4.43. The average Bonchev–Trinajstić information content (AvgIpc) is 2.44. The summed E-state index contributed by atoms with van der Waals surface area (Å²) in [6, 6.07) is 0. The maximum absolute atomic E-state index is 13.2. The van der Waals surface area contributed by atoms with Crippen LogP contribution in [0.4, 0.5) is 26.3 Å². The van der Waals surface area contributed by atoms with E-state index in [0.717, 1.165) is 0 Å². The number of alkyl halides is 6. The van der Waals surface area contributed by atoms with Crippen molar-refractivity contribution in [3.63, 3.8) is 0 Å². The lowest BCUT2D eigenvalue weighted by atomic mass is 9.43. The number of ether oxygens (including phenoxy) is 1. The van der Waals surface area contributed by atoms with Gasteiger partial charge in [-0.1, -0.05) is 20.4 Å². The first-order valence-electron chi connectivity index (χ1n) is 8.22. The van der Waals surface area contributed by atoms with Gasteiger partial charge in [-0.15, -0.1) is 0 Å². The Kier molecular flexibility index (Phi) is 4.76. The first kappa shape index (κ1) is 21.1. The van der Waals surface area contributed by atoms with Crippen LogP contribution in [0.25, 0.3) is 0 Å². The molecule has 3 rings (SSSR count). The maximum atomic E-state index is 13.2. The minimum Gasteiger partial charge on any atom is -0.455 e. The molecule has 0 aromatic heterocycles. The predicted octanol–water partition coefficient (Wildman–Crippen LogP) is 4.55. The normalized spacial score (nSPS) is 31.2. The van der Waals surface area contributed by atoms with Gasteiger partial charge in [0.05, 0.1) is 0 Å². The van der Waals surface area contributed by atoms with Crippen molar-refractivity contribution in [1.29, 1.82) is 0 Å². The van der Waals surface area contributed by atoms with Crippen molar-refractivity contribution in [2.45, 2.75) is 70.0 Å². The van der Waals surface area contributed by atoms with Crippen molar-refractivity contribution in [1.82, 2.24) is 0 Å². The lowest BCUT2D eigenvalue weighted by Gasteiger charge is -2.65. The molecule has 0 aromatic carbocycles. The van der Waals surface area contributed by atoms with E-state index in [1.807, 2.05) is 0 Å². The Morgan fingerprint density at radius 3 is 2.04 bits per heavy atom. The zero-order valence-corrected chi connectivity index (χ0v) is 14.7. The third-order valence-electron chi connectivity index (χ3n) is 6.16. The van der Waals surface area contributed by atoms with E-state index in [4.69, 9.17) is 4.74 Å². The highest BCUT2D eigenvalue weighted by atomic mass is 19.4. The number of hydrogen-bond acceptors (Lipinski definition) is 3.